The fraction of sp³-hybridized carbons (Fsp3) is 0.889. The molecule has 0 unspecified atom stereocenters. The van der Waals surface area contributed by atoms with E-state index in [-0.39, 0.29) is 22.0 Å². The van der Waals surface area contributed by atoms with Gasteiger partial charge in [0.05, 0.1) is 6.10 Å². The van der Waals surface area contributed by atoms with Crippen molar-refractivity contribution in [3.8, 4) is 0 Å². The Morgan fingerprint density at radius 2 is 2.21 bits per heavy atom. The standard InChI is InChI=1S/C9H21NO3Si/c1-4-12-14-7-5-6-10-9(11)13-8(2)3/h8H,4-7,14H2,1-3H3,(H,10,11). The van der Waals surface area contributed by atoms with Crippen molar-refractivity contribution in [1.29, 1.82) is 0 Å². The number of nitrogens with one attached hydrogen (secondary N) is 1. The van der Waals surface area contributed by atoms with Crippen LogP contribution in [-0.4, -0.2) is 35.1 Å². The van der Waals surface area contributed by atoms with Crippen LogP contribution in [0.15, 0.2) is 0 Å². The second-order valence-electron chi connectivity index (χ2n) is 3.28. The van der Waals surface area contributed by atoms with Gasteiger partial charge in [-0.3, -0.25) is 0 Å². The van der Waals surface area contributed by atoms with Crippen molar-refractivity contribution in [2.75, 3.05) is 13.2 Å². The van der Waals surface area contributed by atoms with E-state index in [1.807, 2.05) is 20.8 Å². The molecule has 0 rings (SSSR count). The van der Waals surface area contributed by atoms with Gasteiger partial charge in [0.25, 0.3) is 0 Å². The second kappa shape index (κ2) is 9.02. The van der Waals surface area contributed by atoms with Crippen molar-refractivity contribution in [1.82, 2.24) is 5.32 Å². The Bertz CT molecular complexity index is 153. The topological polar surface area (TPSA) is 47.6 Å². The molecule has 0 spiro atoms. The first-order valence-corrected chi connectivity index (χ1v) is 6.76. The van der Waals surface area contributed by atoms with E-state index in [0.29, 0.717) is 6.54 Å². The number of carbonyl (C=O) groups excluding carboxylic acids is 1. The van der Waals surface area contributed by atoms with Gasteiger partial charge in [0.15, 0.2) is 9.76 Å². The first-order chi connectivity index (χ1) is 6.66. The molecule has 0 aliphatic heterocycles. The minimum Gasteiger partial charge on any atom is -0.447 e. The molecule has 0 saturated heterocycles. The highest BCUT2D eigenvalue weighted by atomic mass is 28.2. The van der Waals surface area contributed by atoms with Gasteiger partial charge in [0.2, 0.25) is 0 Å². The van der Waals surface area contributed by atoms with Crippen LogP contribution >= 0.6 is 0 Å². The van der Waals surface area contributed by atoms with Crippen LogP contribution in [0.2, 0.25) is 6.04 Å². The molecule has 0 atom stereocenters. The van der Waals surface area contributed by atoms with Crippen LogP contribution in [0, 0.1) is 0 Å². The zero-order valence-corrected chi connectivity index (χ0v) is 10.8. The van der Waals surface area contributed by atoms with Gasteiger partial charge in [0, 0.05) is 13.2 Å². The van der Waals surface area contributed by atoms with E-state index >= 15 is 0 Å². The minimum absolute atomic E-state index is 0.0483. The van der Waals surface area contributed by atoms with E-state index in [2.05, 4.69) is 5.32 Å². The minimum atomic E-state index is -0.348. The van der Waals surface area contributed by atoms with Crippen LogP contribution in [0.1, 0.15) is 27.2 Å². The summed E-state index contributed by atoms with van der Waals surface area (Å²) in [4.78, 5) is 11.0. The van der Waals surface area contributed by atoms with E-state index in [9.17, 15) is 4.79 Å². The third kappa shape index (κ3) is 9.53. The summed E-state index contributed by atoms with van der Waals surface area (Å²) in [6.07, 6.45) is 0.616. The molecule has 0 fully saturated rings. The van der Waals surface area contributed by atoms with Crippen LogP contribution in [0.4, 0.5) is 4.79 Å². The van der Waals surface area contributed by atoms with E-state index in [1.54, 1.807) is 0 Å². The zero-order chi connectivity index (χ0) is 10.8. The van der Waals surface area contributed by atoms with Gasteiger partial charge in [-0.2, -0.15) is 0 Å². The van der Waals surface area contributed by atoms with Crippen molar-refractivity contribution >= 4 is 15.9 Å². The maximum absolute atomic E-state index is 11.0. The molecule has 84 valence electrons. The summed E-state index contributed by atoms with van der Waals surface area (Å²) in [5, 5.41) is 2.70. The number of ether oxygens (including phenoxy) is 1. The molecular formula is C9H21NO3Si. The third-order valence-electron chi connectivity index (χ3n) is 1.53. The van der Waals surface area contributed by atoms with E-state index in [1.165, 1.54) is 0 Å². The van der Waals surface area contributed by atoms with Gasteiger partial charge in [0.1, 0.15) is 0 Å². The maximum atomic E-state index is 11.0. The van der Waals surface area contributed by atoms with Crippen LogP contribution in [0.3, 0.4) is 0 Å². The number of hydrogen-bond acceptors (Lipinski definition) is 3. The summed E-state index contributed by atoms with van der Waals surface area (Å²) >= 11 is 0. The van der Waals surface area contributed by atoms with Gasteiger partial charge >= 0.3 is 6.09 Å². The SMILES string of the molecule is CCO[SiH2]CCCNC(=O)OC(C)C. The highest BCUT2D eigenvalue weighted by Crippen LogP contribution is 1.91. The van der Waals surface area contributed by atoms with Crippen molar-refractivity contribution in [2.24, 2.45) is 0 Å². The summed E-state index contributed by atoms with van der Waals surface area (Å²) in [6.45, 7) is 7.18. The molecular weight excluding hydrogens is 198 g/mol. The van der Waals surface area contributed by atoms with E-state index in [0.717, 1.165) is 19.1 Å². The first kappa shape index (κ1) is 13.4. The number of carbonyl (C=O) groups is 1. The molecule has 0 radical (unpaired) electrons. The Labute approximate surface area is 88.3 Å². The molecule has 0 aromatic carbocycles. The van der Waals surface area contributed by atoms with Crippen LogP contribution in [0.25, 0.3) is 0 Å². The quantitative estimate of drug-likeness (QED) is 0.514. The summed E-state index contributed by atoms with van der Waals surface area (Å²) in [7, 11) is -0.348. The number of rotatable bonds is 7. The Morgan fingerprint density at radius 3 is 2.79 bits per heavy atom. The van der Waals surface area contributed by atoms with Crippen LogP contribution < -0.4 is 5.32 Å². The molecule has 0 aromatic heterocycles. The molecule has 0 saturated carbocycles. The fourth-order valence-electron chi connectivity index (χ4n) is 0.920. The average Bonchev–Trinajstić information content (AvgIpc) is 2.10. The predicted octanol–water partition coefficient (Wildman–Crippen LogP) is 1.05. The molecule has 5 heteroatoms. The number of amides is 1. The molecule has 1 N–H and O–H groups in total. The highest BCUT2D eigenvalue weighted by molar-refractivity contribution is 6.26. The van der Waals surface area contributed by atoms with E-state index in [4.69, 9.17) is 9.16 Å². The molecule has 0 aliphatic carbocycles. The summed E-state index contributed by atoms with van der Waals surface area (Å²) < 4.78 is 10.2. The predicted molar refractivity (Wildman–Crippen MR) is 59.2 cm³/mol. The van der Waals surface area contributed by atoms with Crippen molar-refractivity contribution < 1.29 is 14.0 Å². The Balaban J connectivity index is 3.15. The van der Waals surface area contributed by atoms with Crippen LogP contribution in [-0.2, 0) is 9.16 Å². The molecule has 0 bridgehead atoms. The van der Waals surface area contributed by atoms with Gasteiger partial charge in [-0.15, -0.1) is 0 Å². The van der Waals surface area contributed by atoms with Crippen molar-refractivity contribution in [3.05, 3.63) is 0 Å². The summed E-state index contributed by atoms with van der Waals surface area (Å²) in [5.41, 5.74) is 0. The average molecular weight is 219 g/mol. The smallest absolute Gasteiger partial charge is 0.407 e. The number of hydrogen-bond donors (Lipinski definition) is 1. The lowest BCUT2D eigenvalue weighted by Crippen LogP contribution is -2.27. The summed E-state index contributed by atoms with van der Waals surface area (Å²) in [6, 6.07) is 1.11. The molecule has 1 amide bonds. The lowest BCUT2D eigenvalue weighted by atomic mass is 10.5. The zero-order valence-electron chi connectivity index (χ0n) is 9.34. The first-order valence-electron chi connectivity index (χ1n) is 5.19. The molecule has 14 heavy (non-hydrogen) atoms. The normalized spacial score (nSPS) is 11.1. The molecule has 0 heterocycles. The maximum Gasteiger partial charge on any atom is 0.407 e. The lowest BCUT2D eigenvalue weighted by Gasteiger charge is -2.08. The van der Waals surface area contributed by atoms with Gasteiger partial charge in [-0.25, -0.2) is 4.79 Å². The van der Waals surface area contributed by atoms with Crippen molar-refractivity contribution in [2.45, 2.75) is 39.3 Å². The monoisotopic (exact) mass is 219 g/mol. The van der Waals surface area contributed by atoms with Crippen molar-refractivity contribution in [3.63, 3.8) is 0 Å². The van der Waals surface area contributed by atoms with E-state index < -0.39 is 0 Å². The Hall–Kier alpha value is -0.553. The summed E-state index contributed by atoms with van der Waals surface area (Å²) in [5.74, 6) is 0. The fourth-order valence-corrected chi connectivity index (χ4v) is 1.87. The third-order valence-corrected chi connectivity index (χ3v) is 3.02. The number of alkyl carbamates (subject to hydrolysis) is 1. The Morgan fingerprint density at radius 1 is 1.50 bits per heavy atom. The molecule has 0 aliphatic rings. The van der Waals surface area contributed by atoms with Gasteiger partial charge in [-0.05, 0) is 33.2 Å². The lowest BCUT2D eigenvalue weighted by molar-refractivity contribution is 0.115. The molecule has 0 aromatic rings. The highest BCUT2D eigenvalue weighted by Gasteiger charge is 2.02. The second-order valence-corrected chi connectivity index (χ2v) is 4.81. The molecule has 4 nitrogen and oxygen atoms in total. The van der Waals surface area contributed by atoms with Crippen LogP contribution in [0.5, 0.6) is 0 Å². The Kier molecular flexibility index (Phi) is 8.66. The van der Waals surface area contributed by atoms with Gasteiger partial charge < -0.3 is 14.5 Å². The largest absolute Gasteiger partial charge is 0.447 e. The van der Waals surface area contributed by atoms with Gasteiger partial charge in [-0.1, -0.05) is 0 Å².